The molecule has 0 radical (unpaired) electrons. The Hall–Kier alpha value is -13.5. The molecule has 4 amide bonds. The molecule has 12 aliphatic rings. The Morgan fingerprint density at radius 3 is 1.01 bits per heavy atom. The highest BCUT2D eigenvalue weighted by molar-refractivity contribution is 6.01. The molecule has 12 fully saturated rings. The van der Waals surface area contributed by atoms with Gasteiger partial charge in [-0.25, -0.2) is 44.3 Å². The Kier molecular flexibility index (Phi) is 23.5. The minimum absolute atomic E-state index is 0.00381. The van der Waals surface area contributed by atoms with E-state index in [0.29, 0.717) is 99.2 Å². The van der Waals surface area contributed by atoms with Crippen molar-refractivity contribution in [3.8, 4) is 57.9 Å². The van der Waals surface area contributed by atoms with E-state index in [4.69, 9.17) is 18.9 Å². The van der Waals surface area contributed by atoms with Crippen molar-refractivity contribution >= 4 is 23.6 Å². The van der Waals surface area contributed by atoms with E-state index < -0.39 is 5.82 Å². The minimum Gasteiger partial charge on any atom is -0.471 e. The summed E-state index contributed by atoms with van der Waals surface area (Å²) in [4.78, 5) is 125. The van der Waals surface area contributed by atoms with Crippen LogP contribution in [-0.2, 0) is 0 Å². The van der Waals surface area contributed by atoms with Gasteiger partial charge in [-0.15, -0.1) is 4.80 Å². The fourth-order valence-electron chi connectivity index (χ4n) is 18.0. The van der Waals surface area contributed by atoms with E-state index in [0.717, 1.165) is 135 Å². The molecule has 24 rings (SSSR count). The van der Waals surface area contributed by atoms with E-state index in [-0.39, 0.29) is 83.5 Å². The monoisotopic (exact) mass is 1630 g/mol. The number of pyridine rings is 2. The molecule has 32 nitrogen and oxygen atoms in total. The maximum absolute atomic E-state index is 14.6. The van der Waals surface area contributed by atoms with Crippen molar-refractivity contribution < 1.29 is 42.5 Å². The molecule has 121 heavy (non-hydrogen) atoms. The Balaban J connectivity index is 0.000000115. The summed E-state index contributed by atoms with van der Waals surface area (Å²) in [5.74, 6) is 3.61. The first kappa shape index (κ1) is 80.0. The van der Waals surface area contributed by atoms with Crippen LogP contribution in [0, 0.1) is 71.0 Å². The van der Waals surface area contributed by atoms with E-state index in [1.807, 2.05) is 97.5 Å². The highest BCUT2D eigenvalue weighted by Gasteiger charge is 2.50. The molecule has 10 aromatic heterocycles. The van der Waals surface area contributed by atoms with Gasteiger partial charge in [0.2, 0.25) is 23.5 Å². The summed E-state index contributed by atoms with van der Waals surface area (Å²) in [6.45, 7) is 14.3. The summed E-state index contributed by atoms with van der Waals surface area (Å²) in [5, 5.41) is 16.4. The summed E-state index contributed by atoms with van der Waals surface area (Å²) < 4.78 is 39.3. The number of rotatable bonds is 16. The van der Waals surface area contributed by atoms with E-state index >= 15 is 0 Å². The highest BCUT2D eigenvalue weighted by Crippen LogP contribution is 2.44. The van der Waals surface area contributed by atoms with Gasteiger partial charge in [0.15, 0.2) is 17.5 Å². The molecule has 0 spiro atoms. The quantitative estimate of drug-likeness (QED) is 0.0867. The number of carbonyl (C=O) groups is 4. The van der Waals surface area contributed by atoms with Crippen LogP contribution in [0.15, 0.2) is 178 Å². The van der Waals surface area contributed by atoms with Crippen LogP contribution in [0.4, 0.5) is 4.39 Å². The second-order valence-electron chi connectivity index (χ2n) is 32.2. The Morgan fingerprint density at radius 2 is 0.661 bits per heavy atom. The molecule has 0 N–H and O–H groups in total. The maximum Gasteiger partial charge on any atom is 0.256 e. The number of benzene rings is 2. The van der Waals surface area contributed by atoms with Gasteiger partial charge in [-0.3, -0.25) is 49.1 Å². The number of aromatic nitrogens is 20. The topological polar surface area (TPSA) is 360 Å². The molecular weight excluding hydrogens is 1540 g/mol. The van der Waals surface area contributed by atoms with Crippen molar-refractivity contribution in [3.63, 3.8) is 0 Å². The molecule has 8 aliphatic heterocycles. The van der Waals surface area contributed by atoms with Crippen LogP contribution in [0.2, 0.25) is 0 Å². The zero-order valence-corrected chi connectivity index (χ0v) is 67.9. The van der Waals surface area contributed by atoms with E-state index in [9.17, 15) is 23.6 Å². The fourth-order valence-corrected chi connectivity index (χ4v) is 18.0. The van der Waals surface area contributed by atoms with Gasteiger partial charge in [-0.2, -0.15) is 25.2 Å². The number of ether oxygens (including phenoxy) is 4. The van der Waals surface area contributed by atoms with Gasteiger partial charge in [0.1, 0.15) is 41.5 Å². The number of hydrogen-bond donors (Lipinski definition) is 0. The number of nitrogens with zero attached hydrogens (tertiary/aromatic N) is 24. The van der Waals surface area contributed by atoms with Crippen molar-refractivity contribution in [3.05, 3.63) is 240 Å². The molecule has 4 aliphatic carbocycles. The molecule has 18 heterocycles. The van der Waals surface area contributed by atoms with Gasteiger partial charge in [-0.1, -0.05) is 18.2 Å². The number of piperidine rings is 8. The molecule has 618 valence electrons. The molecular formula is C88H91FN24O8. The average molecular weight is 1630 g/mol. The number of carbonyl (C=O) groups excluding carboxylic acids is 4. The standard InChI is InChI=1S/2C23H24N6O2.C21H21FN6O2.C21H22N6O2/c2*1-14-8-17(21(28-10-14)22-24-6-3-7-25-22)23(30)29-13-16-4-5-18(29)19(9-16)31-20-12-26-15(2)11-27-20;1-13-10-24-19(11-23-13)30-18-9-14-5-6-17(18)27(12-14)21(29)15-3-2-4-16(22)20(15)28-25-7-8-26-28;1-14-11-23-20(12-22-14)29-19-10-15-6-7-18(19)26(13-15)21(28)16-4-2-3-5-17(16)27-24-8-9-25-27/h2*3,6-8,10-12,16,18-19H,4-5,9,13H2,1-2H3;2-4,7-8,10-11,14,17-18H,5-6,9,12H2,1H3;2-5,8-9,11-12,15,18-19H,6-7,10,13H2,1H3. The van der Waals surface area contributed by atoms with Gasteiger partial charge < -0.3 is 38.5 Å². The lowest BCUT2D eigenvalue weighted by atomic mass is 9.77. The summed E-state index contributed by atoms with van der Waals surface area (Å²) in [7, 11) is 0. The van der Waals surface area contributed by atoms with E-state index in [1.165, 1.54) is 29.3 Å². The number of fused-ring (bicyclic) bond motifs is 12. The van der Waals surface area contributed by atoms with Crippen LogP contribution >= 0.6 is 0 Å². The predicted octanol–water partition coefficient (Wildman–Crippen LogP) is 11.0. The van der Waals surface area contributed by atoms with Crippen LogP contribution in [-0.4, -0.2) is 218 Å². The first-order valence-electron chi connectivity index (χ1n) is 41.1. The number of para-hydroxylation sites is 2. The van der Waals surface area contributed by atoms with Crippen LogP contribution in [0.25, 0.3) is 34.4 Å². The van der Waals surface area contributed by atoms with Gasteiger partial charge in [-0.05, 0) is 202 Å². The van der Waals surface area contributed by atoms with Crippen molar-refractivity contribution in [2.75, 3.05) is 26.2 Å². The zero-order valence-electron chi connectivity index (χ0n) is 67.9. The van der Waals surface area contributed by atoms with Crippen molar-refractivity contribution in [1.82, 2.24) is 119 Å². The van der Waals surface area contributed by atoms with Gasteiger partial charge >= 0.3 is 0 Å². The smallest absolute Gasteiger partial charge is 0.256 e. The fraction of sp³-hybridized carbons (Fsp3) is 0.386. The third kappa shape index (κ3) is 17.8. The maximum atomic E-state index is 14.6. The van der Waals surface area contributed by atoms with Gasteiger partial charge in [0.25, 0.3) is 23.6 Å². The molecule has 33 heteroatoms. The number of hydrogen-bond acceptors (Lipinski definition) is 26. The third-order valence-corrected chi connectivity index (χ3v) is 23.7. The number of aryl methyl sites for hydroxylation is 6. The second kappa shape index (κ2) is 35.6. The second-order valence-corrected chi connectivity index (χ2v) is 32.2. The average Bonchev–Trinajstić information content (AvgIpc) is 1.65. The first-order valence-corrected chi connectivity index (χ1v) is 41.1. The van der Waals surface area contributed by atoms with E-state index in [2.05, 4.69) is 90.2 Å². The SMILES string of the molecule is Cc1cnc(-c2ncccn2)c(C(=O)N2CC3CCC2C(Oc2cnc(C)cn2)C3)c1.Cc1cnc(-c2ncccn2)c(C(=O)N2CC3CCC2C(Oc2cnc(C)cn2)C3)c1.Cc1cnc(OC2CC3CCC2N(C(=O)c2cccc(F)c2-n2nccn2)C3)cn1.Cc1cnc(OC2CC3CCC2N(C(=O)c2ccccc2-n2nccn2)C3)cn1. The molecule has 4 saturated carbocycles. The van der Waals surface area contributed by atoms with Crippen LogP contribution in [0.1, 0.15) is 152 Å². The Morgan fingerprint density at radius 1 is 0.331 bits per heavy atom. The van der Waals surface area contributed by atoms with Crippen LogP contribution in [0.5, 0.6) is 23.5 Å². The minimum atomic E-state index is -0.540. The zero-order chi connectivity index (χ0) is 83.2. The summed E-state index contributed by atoms with van der Waals surface area (Å²) in [6.07, 6.45) is 40.8. The molecule has 12 atom stereocenters. The first-order chi connectivity index (χ1) is 58.9. The largest absolute Gasteiger partial charge is 0.471 e. The lowest BCUT2D eigenvalue weighted by Crippen LogP contribution is -2.59. The van der Waals surface area contributed by atoms with Gasteiger partial charge in [0, 0.05) is 63.4 Å². The summed E-state index contributed by atoms with van der Waals surface area (Å²) >= 11 is 0. The molecule has 12 aromatic rings. The van der Waals surface area contributed by atoms with Gasteiger partial charge in [0.05, 0.1) is 149 Å². The highest BCUT2D eigenvalue weighted by atomic mass is 19.1. The predicted molar refractivity (Wildman–Crippen MR) is 436 cm³/mol. The van der Waals surface area contributed by atoms with Crippen LogP contribution in [0.3, 0.4) is 0 Å². The molecule has 2 aromatic carbocycles. The molecule has 8 saturated heterocycles. The summed E-state index contributed by atoms with van der Waals surface area (Å²) in [6, 6.07) is 19.1. The number of amides is 4. The van der Waals surface area contributed by atoms with Crippen molar-refractivity contribution in [2.45, 2.75) is 167 Å². The molecule has 8 bridgehead atoms. The van der Waals surface area contributed by atoms with E-state index in [1.54, 1.807) is 117 Å². The number of halogens is 1. The summed E-state index contributed by atoms with van der Waals surface area (Å²) in [5.41, 5.74) is 8.90. The van der Waals surface area contributed by atoms with Crippen LogP contribution < -0.4 is 18.9 Å². The normalized spacial score (nSPS) is 22.7. The van der Waals surface area contributed by atoms with Crippen molar-refractivity contribution in [2.24, 2.45) is 23.7 Å². The Labute approximate surface area is 697 Å². The molecule has 12 unspecified atom stereocenters. The Bertz CT molecular complexity index is 5440. The lowest BCUT2D eigenvalue weighted by molar-refractivity contribution is -0.0315. The van der Waals surface area contributed by atoms with Crippen molar-refractivity contribution in [1.29, 1.82) is 0 Å². The lowest BCUT2D eigenvalue weighted by Gasteiger charge is -2.49. The third-order valence-electron chi connectivity index (χ3n) is 23.7.